The van der Waals surface area contributed by atoms with Gasteiger partial charge < -0.3 is 10.1 Å². The number of carbonyl (C=O) groups excluding carboxylic acids is 1. The van der Waals surface area contributed by atoms with Crippen molar-refractivity contribution in [3.8, 4) is 17.1 Å². The molecule has 2 N–H and O–H groups in total. The zero-order chi connectivity index (χ0) is 27.2. The molecule has 0 saturated heterocycles. The molecule has 1 saturated carbocycles. The van der Waals surface area contributed by atoms with E-state index in [1.54, 1.807) is 36.8 Å². The molecule has 1 fully saturated rings. The lowest BCUT2D eigenvalue weighted by molar-refractivity contribution is -0.122. The van der Waals surface area contributed by atoms with E-state index in [1.807, 2.05) is 20.8 Å². The first-order valence-electron chi connectivity index (χ1n) is 12.9. The zero-order valence-electron chi connectivity index (χ0n) is 21.8. The van der Waals surface area contributed by atoms with Crippen LogP contribution in [-0.2, 0) is 20.2 Å². The minimum absolute atomic E-state index is 0.0170. The summed E-state index contributed by atoms with van der Waals surface area (Å²) in [5, 5.41) is 2.54. The topological polar surface area (TPSA) is 149 Å². The lowest BCUT2D eigenvalue weighted by Gasteiger charge is -2.31. The van der Waals surface area contributed by atoms with Gasteiger partial charge in [0.05, 0.1) is 41.1 Å². The van der Waals surface area contributed by atoms with E-state index in [0.29, 0.717) is 55.4 Å². The van der Waals surface area contributed by atoms with Gasteiger partial charge in [-0.3, -0.25) is 14.5 Å². The molecule has 1 aliphatic rings. The van der Waals surface area contributed by atoms with Crippen molar-refractivity contribution < 1.29 is 17.9 Å². The van der Waals surface area contributed by atoms with E-state index < -0.39 is 20.7 Å². The molecule has 0 unspecified atom stereocenters. The molecule has 0 aromatic carbocycles. The van der Waals surface area contributed by atoms with Crippen LogP contribution in [-0.4, -0.2) is 51.1 Å². The molecule has 0 bridgehead atoms. The Bertz CT molecular complexity index is 1360. The first kappa shape index (κ1) is 27.4. The maximum Gasteiger partial charge on any atom is 0.237 e. The standard InChI is InChI=1S/C26H33N7O4S/c1-4-12-26(13-5-2,21-11-14-28-25(31-21)33-38(35,36)19-8-9-19)24(34)32-22-10-7-18(15-29-22)20-16-27-17-23(30-20)37-6-3/h7,10-11,14-17,19H,4-6,8-9,12-13H2,1-3H3,(H,28,31,33)(H,29,32,34). The number of anilines is 2. The Kier molecular flexibility index (Phi) is 8.50. The van der Waals surface area contributed by atoms with E-state index >= 15 is 0 Å². The molecule has 4 rings (SSSR count). The summed E-state index contributed by atoms with van der Waals surface area (Å²) in [4.78, 5) is 35.4. The quantitative estimate of drug-likeness (QED) is 0.327. The van der Waals surface area contributed by atoms with Crippen molar-refractivity contribution in [2.75, 3.05) is 16.6 Å². The highest BCUT2D eigenvalue weighted by Gasteiger charge is 2.41. The van der Waals surface area contributed by atoms with Crippen molar-refractivity contribution >= 4 is 27.7 Å². The Balaban J connectivity index is 1.58. The van der Waals surface area contributed by atoms with Crippen LogP contribution < -0.4 is 14.8 Å². The third kappa shape index (κ3) is 6.24. The average Bonchev–Trinajstić information content (AvgIpc) is 3.76. The van der Waals surface area contributed by atoms with E-state index in [1.165, 1.54) is 6.20 Å². The van der Waals surface area contributed by atoms with Gasteiger partial charge in [0.25, 0.3) is 0 Å². The summed E-state index contributed by atoms with van der Waals surface area (Å²) >= 11 is 0. The predicted molar refractivity (Wildman–Crippen MR) is 144 cm³/mol. The summed E-state index contributed by atoms with van der Waals surface area (Å²) in [7, 11) is -3.53. The Morgan fingerprint density at radius 3 is 2.42 bits per heavy atom. The van der Waals surface area contributed by atoms with Crippen molar-refractivity contribution in [3.05, 3.63) is 48.7 Å². The van der Waals surface area contributed by atoms with Crippen LogP contribution in [0.1, 0.15) is 65.0 Å². The van der Waals surface area contributed by atoms with Crippen molar-refractivity contribution in [2.45, 2.75) is 70.0 Å². The molecular formula is C26H33N7O4S. The lowest BCUT2D eigenvalue weighted by atomic mass is 9.75. The second kappa shape index (κ2) is 11.8. The molecular weight excluding hydrogens is 506 g/mol. The van der Waals surface area contributed by atoms with Crippen LogP contribution in [0.4, 0.5) is 11.8 Å². The number of hydrogen-bond acceptors (Lipinski definition) is 9. The number of pyridine rings is 1. The van der Waals surface area contributed by atoms with Gasteiger partial charge in [0.2, 0.25) is 27.8 Å². The molecule has 1 aliphatic carbocycles. The highest BCUT2D eigenvalue weighted by Crippen LogP contribution is 2.36. The zero-order valence-corrected chi connectivity index (χ0v) is 22.7. The van der Waals surface area contributed by atoms with E-state index in [2.05, 4.69) is 35.0 Å². The summed E-state index contributed by atoms with van der Waals surface area (Å²) in [6.45, 7) is 6.36. The van der Waals surface area contributed by atoms with E-state index in [0.717, 1.165) is 18.4 Å². The lowest BCUT2D eigenvalue weighted by Crippen LogP contribution is -2.41. The van der Waals surface area contributed by atoms with Gasteiger partial charge in [-0.1, -0.05) is 26.7 Å². The van der Waals surface area contributed by atoms with Gasteiger partial charge in [-0.05, 0) is 50.8 Å². The van der Waals surface area contributed by atoms with Gasteiger partial charge in [0, 0.05) is 18.0 Å². The Morgan fingerprint density at radius 1 is 1.03 bits per heavy atom. The molecule has 3 aromatic rings. The van der Waals surface area contributed by atoms with Crippen molar-refractivity contribution in [2.24, 2.45) is 0 Å². The van der Waals surface area contributed by atoms with Crippen molar-refractivity contribution in [3.63, 3.8) is 0 Å². The van der Waals surface area contributed by atoms with E-state index in [-0.39, 0.29) is 11.9 Å². The van der Waals surface area contributed by atoms with Gasteiger partial charge in [0.15, 0.2) is 0 Å². The van der Waals surface area contributed by atoms with Crippen LogP contribution in [0.25, 0.3) is 11.3 Å². The van der Waals surface area contributed by atoms with Crippen LogP contribution in [0.15, 0.2) is 43.0 Å². The summed E-state index contributed by atoms with van der Waals surface area (Å²) in [6, 6.07) is 5.19. The van der Waals surface area contributed by atoms with Crippen LogP contribution >= 0.6 is 0 Å². The van der Waals surface area contributed by atoms with Gasteiger partial charge in [0.1, 0.15) is 5.82 Å². The Hall–Kier alpha value is -3.67. The monoisotopic (exact) mass is 539 g/mol. The van der Waals surface area contributed by atoms with Crippen molar-refractivity contribution in [1.82, 2.24) is 24.9 Å². The SMILES string of the molecule is CCCC(CCC)(C(=O)Nc1ccc(-c2cncc(OCC)n2)cn1)c1ccnc(NS(=O)(=O)C2CC2)n1. The first-order valence-corrected chi connectivity index (χ1v) is 14.4. The highest BCUT2D eigenvalue weighted by molar-refractivity contribution is 7.93. The predicted octanol–water partition coefficient (Wildman–Crippen LogP) is 4.11. The molecule has 0 aliphatic heterocycles. The molecule has 3 heterocycles. The summed E-state index contributed by atoms with van der Waals surface area (Å²) in [6.07, 6.45) is 10.0. The van der Waals surface area contributed by atoms with Gasteiger partial charge in [-0.25, -0.2) is 28.4 Å². The Labute approximate surface area is 223 Å². The fourth-order valence-electron chi connectivity index (χ4n) is 4.40. The second-order valence-electron chi connectivity index (χ2n) is 9.26. The number of nitrogens with one attached hydrogen (secondary N) is 2. The average molecular weight is 540 g/mol. The summed E-state index contributed by atoms with van der Waals surface area (Å²) in [5.41, 5.74) is 0.828. The van der Waals surface area contributed by atoms with Crippen molar-refractivity contribution in [1.29, 1.82) is 0 Å². The number of rotatable bonds is 13. The normalized spacial score (nSPS) is 13.7. The number of amides is 1. The molecule has 0 spiro atoms. The number of ether oxygens (including phenoxy) is 1. The van der Waals surface area contributed by atoms with Gasteiger partial charge in [-0.2, -0.15) is 0 Å². The smallest absolute Gasteiger partial charge is 0.237 e. The maximum absolute atomic E-state index is 13.8. The minimum atomic E-state index is -3.53. The number of nitrogens with zero attached hydrogens (tertiary/aromatic N) is 5. The number of aromatic nitrogens is 5. The minimum Gasteiger partial charge on any atom is -0.477 e. The molecule has 1 amide bonds. The highest BCUT2D eigenvalue weighted by atomic mass is 32.2. The first-order chi connectivity index (χ1) is 18.3. The summed E-state index contributed by atoms with van der Waals surface area (Å²) < 4.78 is 32.8. The number of hydrogen-bond donors (Lipinski definition) is 2. The van der Waals surface area contributed by atoms with E-state index in [4.69, 9.17) is 4.74 Å². The van der Waals surface area contributed by atoms with Crippen LogP contribution in [0, 0.1) is 0 Å². The molecule has 12 heteroatoms. The molecule has 38 heavy (non-hydrogen) atoms. The maximum atomic E-state index is 13.8. The number of sulfonamides is 1. The molecule has 11 nitrogen and oxygen atoms in total. The second-order valence-corrected chi connectivity index (χ2v) is 11.2. The molecule has 0 atom stereocenters. The van der Waals surface area contributed by atoms with Crippen LogP contribution in [0.3, 0.4) is 0 Å². The molecule has 3 aromatic heterocycles. The van der Waals surface area contributed by atoms with Gasteiger partial charge >= 0.3 is 0 Å². The fourth-order valence-corrected chi connectivity index (χ4v) is 5.68. The third-order valence-electron chi connectivity index (χ3n) is 6.34. The summed E-state index contributed by atoms with van der Waals surface area (Å²) in [5.74, 6) is 0.536. The Morgan fingerprint density at radius 2 is 1.79 bits per heavy atom. The van der Waals surface area contributed by atoms with Gasteiger partial charge in [-0.15, -0.1) is 0 Å². The molecule has 0 radical (unpaired) electrons. The number of carbonyl (C=O) groups is 1. The van der Waals surface area contributed by atoms with Crippen LogP contribution in [0.5, 0.6) is 5.88 Å². The van der Waals surface area contributed by atoms with E-state index in [9.17, 15) is 13.2 Å². The fraction of sp³-hybridized carbons (Fsp3) is 0.462. The largest absolute Gasteiger partial charge is 0.477 e. The molecule has 202 valence electrons. The van der Waals surface area contributed by atoms with Crippen LogP contribution in [0.2, 0.25) is 0 Å². The third-order valence-corrected chi connectivity index (χ3v) is 8.15.